The Bertz CT molecular complexity index is 421. The highest BCUT2D eigenvalue weighted by Gasteiger charge is 2.14. The lowest BCUT2D eigenvalue weighted by atomic mass is 9.89. The monoisotopic (exact) mass is 293 g/mol. The summed E-state index contributed by atoms with van der Waals surface area (Å²) in [6.07, 6.45) is 7.70. The quantitative estimate of drug-likeness (QED) is 0.767. The average molecular weight is 293 g/mol. The number of nitrogens with one attached hydrogen (secondary N) is 2. The minimum absolute atomic E-state index is 0.386. The van der Waals surface area contributed by atoms with Gasteiger partial charge in [-0.3, -0.25) is 0 Å². The Balaban J connectivity index is 1.96. The summed E-state index contributed by atoms with van der Waals surface area (Å²) in [6, 6.07) is 0.386. The first-order chi connectivity index (χ1) is 10.3. The molecule has 0 radical (unpaired) electrons. The molecule has 0 spiro atoms. The van der Waals surface area contributed by atoms with E-state index in [1.54, 1.807) is 0 Å². The van der Waals surface area contributed by atoms with Gasteiger partial charge in [0.1, 0.15) is 0 Å². The number of anilines is 2. The van der Waals surface area contributed by atoms with Crippen LogP contribution in [0.5, 0.6) is 6.01 Å². The van der Waals surface area contributed by atoms with Gasteiger partial charge in [0.15, 0.2) is 0 Å². The molecule has 0 amide bonds. The van der Waals surface area contributed by atoms with Crippen molar-refractivity contribution in [1.82, 2.24) is 15.0 Å². The maximum absolute atomic E-state index is 5.42. The topological polar surface area (TPSA) is 72.0 Å². The molecule has 1 aromatic rings. The van der Waals surface area contributed by atoms with E-state index >= 15 is 0 Å². The number of hydrogen-bond donors (Lipinski definition) is 2. The summed E-state index contributed by atoms with van der Waals surface area (Å²) in [5.74, 6) is 1.93. The van der Waals surface area contributed by atoms with Crippen molar-refractivity contribution in [2.45, 2.75) is 52.4 Å². The molecule has 1 aliphatic carbocycles. The van der Waals surface area contributed by atoms with E-state index in [9.17, 15) is 0 Å². The summed E-state index contributed by atoms with van der Waals surface area (Å²) < 4.78 is 5.42. The fourth-order valence-corrected chi connectivity index (χ4v) is 2.57. The van der Waals surface area contributed by atoms with Crippen molar-refractivity contribution in [3.05, 3.63) is 0 Å². The van der Waals surface area contributed by atoms with Gasteiger partial charge >= 0.3 is 6.01 Å². The highest BCUT2D eigenvalue weighted by atomic mass is 16.5. The van der Waals surface area contributed by atoms with Crippen LogP contribution in [0.4, 0.5) is 11.9 Å². The molecule has 1 aromatic heterocycles. The minimum atomic E-state index is 0.386. The molecule has 0 unspecified atom stereocenters. The molecule has 1 fully saturated rings. The average Bonchev–Trinajstić information content (AvgIpc) is 2.52. The van der Waals surface area contributed by atoms with Crippen LogP contribution in [0.3, 0.4) is 0 Å². The van der Waals surface area contributed by atoms with Gasteiger partial charge in [-0.05, 0) is 32.1 Å². The van der Waals surface area contributed by atoms with E-state index in [0.29, 0.717) is 24.5 Å². The van der Waals surface area contributed by atoms with Crippen molar-refractivity contribution in [3.8, 4) is 6.01 Å². The molecule has 1 heterocycles. The maximum Gasteiger partial charge on any atom is 0.323 e. The van der Waals surface area contributed by atoms with Crippen molar-refractivity contribution in [3.63, 3.8) is 0 Å². The largest absolute Gasteiger partial charge is 0.464 e. The van der Waals surface area contributed by atoms with Gasteiger partial charge in [-0.2, -0.15) is 15.0 Å². The molecule has 1 saturated carbocycles. The molecule has 6 heteroatoms. The summed E-state index contributed by atoms with van der Waals surface area (Å²) >= 11 is 0. The maximum atomic E-state index is 5.42. The van der Waals surface area contributed by atoms with Gasteiger partial charge in [0.2, 0.25) is 11.9 Å². The number of nitrogens with zero attached hydrogens (tertiary/aromatic N) is 3. The van der Waals surface area contributed by atoms with Gasteiger partial charge < -0.3 is 15.4 Å². The molecule has 2 rings (SSSR count). The third-order valence-electron chi connectivity index (χ3n) is 3.70. The lowest BCUT2D eigenvalue weighted by molar-refractivity contribution is 0.312. The molecular weight excluding hydrogens is 266 g/mol. The number of ether oxygens (including phenoxy) is 1. The van der Waals surface area contributed by atoms with Gasteiger partial charge in [0, 0.05) is 13.1 Å². The van der Waals surface area contributed by atoms with Gasteiger partial charge in [-0.15, -0.1) is 0 Å². The van der Waals surface area contributed by atoms with E-state index in [2.05, 4.69) is 32.5 Å². The fourth-order valence-electron chi connectivity index (χ4n) is 2.57. The second-order valence-electron chi connectivity index (χ2n) is 5.51. The highest BCUT2D eigenvalue weighted by molar-refractivity contribution is 5.35. The van der Waals surface area contributed by atoms with Gasteiger partial charge in [-0.1, -0.05) is 26.2 Å². The van der Waals surface area contributed by atoms with Gasteiger partial charge in [0.25, 0.3) is 0 Å². The van der Waals surface area contributed by atoms with Crippen LogP contribution in [0, 0.1) is 5.92 Å². The van der Waals surface area contributed by atoms with Crippen molar-refractivity contribution in [1.29, 1.82) is 0 Å². The zero-order valence-electron chi connectivity index (χ0n) is 13.2. The molecule has 6 nitrogen and oxygen atoms in total. The second-order valence-corrected chi connectivity index (χ2v) is 5.51. The van der Waals surface area contributed by atoms with Crippen molar-refractivity contribution in [2.24, 2.45) is 5.92 Å². The predicted octanol–water partition coefficient (Wildman–Crippen LogP) is 3.08. The van der Waals surface area contributed by atoms with Gasteiger partial charge in [-0.25, -0.2) is 0 Å². The molecule has 2 N–H and O–H groups in total. The van der Waals surface area contributed by atoms with E-state index < -0.39 is 0 Å². The molecule has 0 aliphatic heterocycles. The SMILES string of the molecule is CCCNc1nc(NCC2CCCCC2)nc(OCC)n1. The van der Waals surface area contributed by atoms with E-state index in [1.165, 1.54) is 32.1 Å². The zero-order chi connectivity index (χ0) is 14.9. The van der Waals surface area contributed by atoms with Crippen molar-refractivity contribution in [2.75, 3.05) is 30.3 Å². The van der Waals surface area contributed by atoms with Gasteiger partial charge in [0.05, 0.1) is 6.61 Å². The van der Waals surface area contributed by atoms with Crippen LogP contribution in [-0.4, -0.2) is 34.6 Å². The Morgan fingerprint density at radius 2 is 1.71 bits per heavy atom. The first-order valence-corrected chi connectivity index (χ1v) is 8.18. The third-order valence-corrected chi connectivity index (χ3v) is 3.70. The Morgan fingerprint density at radius 3 is 2.38 bits per heavy atom. The first kappa shape index (κ1) is 15.8. The van der Waals surface area contributed by atoms with E-state index in [-0.39, 0.29) is 0 Å². The molecule has 0 saturated heterocycles. The summed E-state index contributed by atoms with van der Waals surface area (Å²) in [6.45, 7) is 6.37. The Kier molecular flexibility index (Phi) is 6.50. The van der Waals surface area contributed by atoms with Crippen LogP contribution in [0.25, 0.3) is 0 Å². The normalized spacial score (nSPS) is 15.7. The molecule has 0 aromatic carbocycles. The Hall–Kier alpha value is -1.59. The molecule has 0 atom stereocenters. The lowest BCUT2D eigenvalue weighted by Crippen LogP contribution is -2.19. The summed E-state index contributed by atoms with van der Waals surface area (Å²) in [7, 11) is 0. The van der Waals surface area contributed by atoms with Crippen LogP contribution in [0.1, 0.15) is 52.4 Å². The van der Waals surface area contributed by atoms with E-state index in [4.69, 9.17) is 4.74 Å². The summed E-state index contributed by atoms with van der Waals surface area (Å²) in [5.41, 5.74) is 0. The molecular formula is C15H27N5O. The number of rotatable bonds is 8. The van der Waals surface area contributed by atoms with Crippen LogP contribution >= 0.6 is 0 Å². The van der Waals surface area contributed by atoms with Crippen LogP contribution < -0.4 is 15.4 Å². The molecule has 1 aliphatic rings. The molecule has 118 valence electrons. The zero-order valence-corrected chi connectivity index (χ0v) is 13.2. The fraction of sp³-hybridized carbons (Fsp3) is 0.800. The number of aromatic nitrogens is 3. The van der Waals surface area contributed by atoms with Crippen molar-refractivity contribution < 1.29 is 4.74 Å². The van der Waals surface area contributed by atoms with Crippen LogP contribution in [0.2, 0.25) is 0 Å². The third kappa shape index (κ3) is 5.36. The second kappa shape index (κ2) is 8.64. The molecule has 0 bridgehead atoms. The van der Waals surface area contributed by atoms with E-state index in [0.717, 1.165) is 25.4 Å². The molecule has 21 heavy (non-hydrogen) atoms. The lowest BCUT2D eigenvalue weighted by Gasteiger charge is -2.21. The number of hydrogen-bond acceptors (Lipinski definition) is 6. The minimum Gasteiger partial charge on any atom is -0.464 e. The Labute approximate surface area is 127 Å². The summed E-state index contributed by atoms with van der Waals surface area (Å²) in [4.78, 5) is 13.0. The van der Waals surface area contributed by atoms with Crippen molar-refractivity contribution >= 4 is 11.9 Å². The predicted molar refractivity (Wildman–Crippen MR) is 84.8 cm³/mol. The summed E-state index contributed by atoms with van der Waals surface area (Å²) in [5, 5.41) is 6.54. The van der Waals surface area contributed by atoms with E-state index in [1.807, 2.05) is 6.92 Å². The first-order valence-electron chi connectivity index (χ1n) is 8.18. The van der Waals surface area contributed by atoms with Crippen LogP contribution in [-0.2, 0) is 0 Å². The van der Waals surface area contributed by atoms with Crippen LogP contribution in [0.15, 0.2) is 0 Å². The standard InChI is InChI=1S/C15H27N5O/c1-3-10-16-13-18-14(20-15(19-13)21-4-2)17-11-12-8-6-5-7-9-12/h12H,3-11H2,1-2H3,(H2,16,17,18,19,20). The Morgan fingerprint density at radius 1 is 1.00 bits per heavy atom. The highest BCUT2D eigenvalue weighted by Crippen LogP contribution is 2.23. The smallest absolute Gasteiger partial charge is 0.323 e.